The second-order valence-electron chi connectivity index (χ2n) is 5.03. The molecule has 0 aliphatic carbocycles. The van der Waals surface area contributed by atoms with Crippen molar-refractivity contribution in [2.24, 2.45) is 0 Å². The number of nitriles is 1. The number of carbonyl (C=O) groups is 1. The quantitative estimate of drug-likeness (QED) is 0.836. The smallest absolute Gasteiger partial charge is 0.214 e. The number of hydrogen-bond acceptors (Lipinski definition) is 3. The van der Waals surface area contributed by atoms with E-state index in [1.807, 2.05) is 66.4 Å². The Bertz CT molecular complexity index is 685. The third-order valence-electron chi connectivity index (χ3n) is 3.81. The lowest BCUT2D eigenvalue weighted by molar-refractivity contribution is -0.126. The van der Waals surface area contributed by atoms with Crippen molar-refractivity contribution in [1.82, 2.24) is 0 Å². The van der Waals surface area contributed by atoms with Crippen LogP contribution in [-0.2, 0) is 10.3 Å². The first kappa shape index (κ1) is 12.4. The molecule has 0 spiro atoms. The predicted molar refractivity (Wildman–Crippen MR) is 77.3 cm³/mol. The Kier molecular flexibility index (Phi) is 2.80. The maximum absolute atomic E-state index is 12.2. The van der Waals surface area contributed by atoms with Crippen molar-refractivity contribution >= 4 is 11.5 Å². The Hall–Kier alpha value is -2.60. The maximum Gasteiger partial charge on any atom is 0.214 e. The number of aryl methyl sites for hydroxylation is 1. The summed E-state index contributed by atoms with van der Waals surface area (Å²) in [6.07, 6.45) is 0. The number of anilines is 1. The normalized spacial score (nSPS) is 21.2. The van der Waals surface area contributed by atoms with Crippen molar-refractivity contribution in [1.29, 1.82) is 5.26 Å². The van der Waals surface area contributed by atoms with Crippen LogP contribution >= 0.6 is 0 Å². The van der Waals surface area contributed by atoms with Gasteiger partial charge in [0.15, 0.2) is 5.78 Å². The molecule has 1 aliphatic heterocycles. The monoisotopic (exact) mass is 262 g/mol. The molecule has 1 heterocycles. The minimum Gasteiger partial charge on any atom is -0.336 e. The second-order valence-corrected chi connectivity index (χ2v) is 5.03. The van der Waals surface area contributed by atoms with E-state index in [0.29, 0.717) is 0 Å². The van der Waals surface area contributed by atoms with Gasteiger partial charge in [-0.3, -0.25) is 4.79 Å². The highest BCUT2D eigenvalue weighted by atomic mass is 16.1. The molecule has 0 radical (unpaired) electrons. The molecule has 0 bridgehead atoms. The summed E-state index contributed by atoms with van der Waals surface area (Å²) in [4.78, 5) is 14.0. The molecule has 1 fully saturated rings. The summed E-state index contributed by atoms with van der Waals surface area (Å²) < 4.78 is 0. The van der Waals surface area contributed by atoms with Gasteiger partial charge >= 0.3 is 0 Å². The summed E-state index contributed by atoms with van der Waals surface area (Å²) in [5, 5.41) is 9.65. The molecular formula is C17H14N2O. The molecule has 2 aromatic rings. The number of carbonyl (C=O) groups excluding carboxylic acids is 1. The molecule has 1 saturated heterocycles. The summed E-state index contributed by atoms with van der Waals surface area (Å²) in [5.74, 6) is -0.0484. The first-order valence-electron chi connectivity index (χ1n) is 6.53. The van der Waals surface area contributed by atoms with Gasteiger partial charge in [0.25, 0.3) is 0 Å². The van der Waals surface area contributed by atoms with Crippen LogP contribution in [0.5, 0.6) is 0 Å². The number of rotatable bonds is 2. The molecule has 3 nitrogen and oxygen atoms in total. The maximum atomic E-state index is 12.2. The van der Waals surface area contributed by atoms with Gasteiger partial charge in [-0.2, -0.15) is 5.26 Å². The van der Waals surface area contributed by atoms with Gasteiger partial charge in [0.1, 0.15) is 6.07 Å². The molecule has 0 saturated carbocycles. The van der Waals surface area contributed by atoms with Crippen molar-refractivity contribution in [3.05, 3.63) is 65.7 Å². The number of benzene rings is 2. The van der Waals surface area contributed by atoms with E-state index in [9.17, 15) is 10.1 Å². The van der Waals surface area contributed by atoms with E-state index in [0.717, 1.165) is 16.8 Å². The van der Waals surface area contributed by atoms with Crippen molar-refractivity contribution in [2.45, 2.75) is 12.5 Å². The highest BCUT2D eigenvalue weighted by molar-refractivity contribution is 6.06. The second kappa shape index (κ2) is 4.50. The predicted octanol–water partition coefficient (Wildman–Crippen LogP) is 2.80. The minimum absolute atomic E-state index is 0.0484. The Morgan fingerprint density at radius 1 is 1.10 bits per heavy atom. The summed E-state index contributed by atoms with van der Waals surface area (Å²) in [6.45, 7) is 2.27. The van der Waals surface area contributed by atoms with Gasteiger partial charge in [-0.1, -0.05) is 48.0 Å². The van der Waals surface area contributed by atoms with Gasteiger partial charge in [0.05, 0.1) is 6.54 Å². The molecule has 20 heavy (non-hydrogen) atoms. The number of hydrogen-bond donors (Lipinski definition) is 0. The van der Waals surface area contributed by atoms with E-state index < -0.39 is 5.54 Å². The van der Waals surface area contributed by atoms with Gasteiger partial charge in [-0.05, 0) is 24.6 Å². The van der Waals surface area contributed by atoms with E-state index in [2.05, 4.69) is 6.07 Å². The standard InChI is InChI=1S/C17H14N2O/c1-13-7-9-14(10-8-13)17(12-18)16(20)11-19(17)15-5-3-2-4-6-15/h2-10H,11H2,1H3. The van der Waals surface area contributed by atoms with Crippen molar-refractivity contribution in [3.8, 4) is 6.07 Å². The van der Waals surface area contributed by atoms with Crippen LogP contribution in [0.3, 0.4) is 0 Å². The van der Waals surface area contributed by atoms with Gasteiger partial charge in [-0.15, -0.1) is 0 Å². The fourth-order valence-electron chi connectivity index (χ4n) is 2.63. The number of ketones is 1. The Morgan fingerprint density at radius 2 is 1.75 bits per heavy atom. The number of para-hydroxylation sites is 1. The first-order valence-corrected chi connectivity index (χ1v) is 6.53. The zero-order chi connectivity index (χ0) is 14.2. The molecule has 1 atom stereocenters. The van der Waals surface area contributed by atoms with E-state index in [1.165, 1.54) is 0 Å². The van der Waals surface area contributed by atoms with Gasteiger partial charge in [-0.25, -0.2) is 0 Å². The molecule has 2 aromatic carbocycles. The molecule has 1 aliphatic rings. The fourth-order valence-corrected chi connectivity index (χ4v) is 2.63. The van der Waals surface area contributed by atoms with E-state index >= 15 is 0 Å². The molecule has 98 valence electrons. The molecule has 0 aromatic heterocycles. The molecule has 3 rings (SSSR count). The van der Waals surface area contributed by atoms with Crippen molar-refractivity contribution < 1.29 is 4.79 Å². The van der Waals surface area contributed by atoms with E-state index in [4.69, 9.17) is 0 Å². The van der Waals surface area contributed by atoms with Crippen LogP contribution in [0.2, 0.25) is 0 Å². The van der Waals surface area contributed by atoms with E-state index in [-0.39, 0.29) is 12.3 Å². The van der Waals surface area contributed by atoms with Crippen LogP contribution < -0.4 is 4.90 Å². The summed E-state index contributed by atoms with van der Waals surface area (Å²) in [7, 11) is 0. The summed E-state index contributed by atoms with van der Waals surface area (Å²) in [6, 6.07) is 19.4. The lowest BCUT2D eigenvalue weighted by Gasteiger charge is -2.47. The average Bonchev–Trinajstić information content (AvgIpc) is 2.48. The SMILES string of the molecule is Cc1ccc(C2(C#N)C(=O)CN2c2ccccc2)cc1. The molecule has 0 amide bonds. The van der Waals surface area contributed by atoms with Crippen LogP contribution in [0.1, 0.15) is 11.1 Å². The number of Topliss-reactive ketones (excluding diaryl/α,β-unsaturated/α-hetero) is 1. The van der Waals surface area contributed by atoms with Gasteiger partial charge in [0.2, 0.25) is 5.54 Å². The highest BCUT2D eigenvalue weighted by Gasteiger charge is 2.55. The van der Waals surface area contributed by atoms with Crippen LogP contribution in [-0.4, -0.2) is 12.3 Å². The van der Waals surface area contributed by atoms with Gasteiger partial charge < -0.3 is 4.90 Å². The highest BCUT2D eigenvalue weighted by Crippen LogP contribution is 2.40. The Balaban J connectivity index is 2.09. The molecule has 1 unspecified atom stereocenters. The third-order valence-corrected chi connectivity index (χ3v) is 3.81. The molecule has 0 N–H and O–H groups in total. The van der Waals surface area contributed by atoms with Crippen molar-refractivity contribution in [2.75, 3.05) is 11.4 Å². The van der Waals surface area contributed by atoms with Crippen LogP contribution in [0.25, 0.3) is 0 Å². The average molecular weight is 262 g/mol. The lowest BCUT2D eigenvalue weighted by atomic mass is 9.77. The zero-order valence-electron chi connectivity index (χ0n) is 11.2. The van der Waals surface area contributed by atoms with Crippen LogP contribution in [0.15, 0.2) is 54.6 Å². The van der Waals surface area contributed by atoms with Crippen molar-refractivity contribution in [3.63, 3.8) is 0 Å². The number of nitrogens with zero attached hydrogens (tertiary/aromatic N) is 2. The Labute approximate surface area is 118 Å². The van der Waals surface area contributed by atoms with Crippen LogP contribution in [0, 0.1) is 18.3 Å². The summed E-state index contributed by atoms with van der Waals surface area (Å²) >= 11 is 0. The lowest BCUT2D eigenvalue weighted by Crippen LogP contribution is -2.65. The molecule has 3 heteroatoms. The van der Waals surface area contributed by atoms with Gasteiger partial charge in [0, 0.05) is 5.69 Å². The Morgan fingerprint density at radius 3 is 2.30 bits per heavy atom. The minimum atomic E-state index is -1.17. The van der Waals surface area contributed by atoms with Crippen LogP contribution in [0.4, 0.5) is 5.69 Å². The molecular weight excluding hydrogens is 248 g/mol. The third kappa shape index (κ3) is 1.62. The topological polar surface area (TPSA) is 44.1 Å². The zero-order valence-corrected chi connectivity index (χ0v) is 11.2. The first-order chi connectivity index (χ1) is 9.68. The summed E-state index contributed by atoms with van der Waals surface area (Å²) in [5.41, 5.74) is 1.58. The fraction of sp³-hybridized carbons (Fsp3) is 0.176. The largest absolute Gasteiger partial charge is 0.336 e. The van der Waals surface area contributed by atoms with E-state index in [1.54, 1.807) is 0 Å².